The van der Waals surface area contributed by atoms with Crippen LogP contribution in [0.3, 0.4) is 0 Å². The van der Waals surface area contributed by atoms with Gasteiger partial charge in [-0.15, -0.1) is 0 Å². The normalized spacial score (nSPS) is 11.6. The molecule has 2 aromatic rings. The molecule has 4 heteroatoms. The summed E-state index contributed by atoms with van der Waals surface area (Å²) in [6.07, 6.45) is 3.66. The average Bonchev–Trinajstić information content (AvgIpc) is 2.56. The molecule has 0 atom stereocenters. The van der Waals surface area contributed by atoms with Crippen molar-refractivity contribution in [3.05, 3.63) is 30.5 Å². The summed E-state index contributed by atoms with van der Waals surface area (Å²) in [4.78, 5) is 4.44. The van der Waals surface area contributed by atoms with Gasteiger partial charge in [-0.3, -0.25) is 0 Å². The predicted octanol–water partition coefficient (Wildman–Crippen LogP) is 3.45. The quantitative estimate of drug-likeness (QED) is 0.819. The SMILES string of the molecule is CCC(CC)(CO)CNc1nccc2ccc(OC)cc12. The van der Waals surface area contributed by atoms with E-state index >= 15 is 0 Å². The Labute approximate surface area is 126 Å². The maximum Gasteiger partial charge on any atom is 0.133 e. The van der Waals surface area contributed by atoms with Gasteiger partial charge in [0.05, 0.1) is 13.7 Å². The summed E-state index contributed by atoms with van der Waals surface area (Å²) in [6.45, 7) is 5.11. The minimum absolute atomic E-state index is 0.0945. The van der Waals surface area contributed by atoms with Gasteiger partial charge in [-0.1, -0.05) is 19.9 Å². The number of aromatic nitrogens is 1. The Hall–Kier alpha value is -1.81. The van der Waals surface area contributed by atoms with Gasteiger partial charge in [0, 0.05) is 23.5 Å². The predicted molar refractivity (Wildman–Crippen MR) is 86.9 cm³/mol. The second-order valence-corrected chi connectivity index (χ2v) is 5.47. The highest BCUT2D eigenvalue weighted by atomic mass is 16.5. The van der Waals surface area contributed by atoms with E-state index in [1.807, 2.05) is 24.3 Å². The number of aliphatic hydroxyl groups excluding tert-OH is 1. The molecule has 0 saturated heterocycles. The molecular weight excluding hydrogens is 264 g/mol. The topological polar surface area (TPSA) is 54.4 Å². The molecular formula is C17H24N2O2. The van der Waals surface area contributed by atoms with Gasteiger partial charge in [0.1, 0.15) is 11.6 Å². The number of rotatable bonds is 7. The Morgan fingerprint density at radius 2 is 2.00 bits per heavy atom. The van der Waals surface area contributed by atoms with E-state index in [9.17, 15) is 5.11 Å². The van der Waals surface area contributed by atoms with E-state index in [0.717, 1.165) is 35.2 Å². The molecule has 0 unspecified atom stereocenters. The van der Waals surface area contributed by atoms with Crippen molar-refractivity contribution in [3.63, 3.8) is 0 Å². The Morgan fingerprint density at radius 3 is 2.62 bits per heavy atom. The number of ether oxygens (including phenoxy) is 1. The molecule has 0 fully saturated rings. The molecule has 1 aromatic heterocycles. The van der Waals surface area contributed by atoms with Crippen LogP contribution in [0.25, 0.3) is 10.8 Å². The molecule has 114 valence electrons. The zero-order chi connectivity index (χ0) is 15.3. The Balaban J connectivity index is 2.29. The monoisotopic (exact) mass is 288 g/mol. The third kappa shape index (κ3) is 3.27. The summed E-state index contributed by atoms with van der Waals surface area (Å²) in [5.41, 5.74) is -0.0945. The fourth-order valence-corrected chi connectivity index (χ4v) is 2.47. The molecule has 0 aliphatic rings. The van der Waals surface area contributed by atoms with Crippen LogP contribution in [0.5, 0.6) is 5.75 Å². The molecule has 2 N–H and O–H groups in total. The van der Waals surface area contributed by atoms with Crippen molar-refractivity contribution in [2.24, 2.45) is 5.41 Å². The molecule has 4 nitrogen and oxygen atoms in total. The molecule has 0 amide bonds. The lowest BCUT2D eigenvalue weighted by Crippen LogP contribution is -2.32. The number of methoxy groups -OCH3 is 1. The number of pyridine rings is 1. The summed E-state index contributed by atoms with van der Waals surface area (Å²) in [7, 11) is 1.66. The van der Waals surface area contributed by atoms with Gasteiger partial charge < -0.3 is 15.2 Å². The van der Waals surface area contributed by atoms with E-state index < -0.39 is 0 Å². The summed E-state index contributed by atoms with van der Waals surface area (Å²) in [5.74, 6) is 1.66. The molecule has 0 spiro atoms. The summed E-state index contributed by atoms with van der Waals surface area (Å²) in [5, 5.41) is 15.2. The van der Waals surface area contributed by atoms with Crippen molar-refractivity contribution in [1.82, 2.24) is 4.98 Å². The molecule has 1 heterocycles. The summed E-state index contributed by atoms with van der Waals surface area (Å²) < 4.78 is 5.29. The van der Waals surface area contributed by atoms with Gasteiger partial charge in [-0.2, -0.15) is 0 Å². The van der Waals surface area contributed by atoms with Crippen LogP contribution in [0.2, 0.25) is 0 Å². The number of nitrogens with one attached hydrogen (secondary N) is 1. The first-order valence-corrected chi connectivity index (χ1v) is 7.45. The first-order valence-electron chi connectivity index (χ1n) is 7.45. The minimum Gasteiger partial charge on any atom is -0.497 e. The van der Waals surface area contributed by atoms with E-state index in [1.54, 1.807) is 13.3 Å². The van der Waals surface area contributed by atoms with E-state index in [2.05, 4.69) is 24.1 Å². The van der Waals surface area contributed by atoms with Crippen LogP contribution in [-0.4, -0.2) is 30.4 Å². The number of hydrogen-bond acceptors (Lipinski definition) is 4. The fourth-order valence-electron chi connectivity index (χ4n) is 2.47. The minimum atomic E-state index is -0.0945. The zero-order valence-electron chi connectivity index (χ0n) is 13.0. The average molecular weight is 288 g/mol. The number of benzene rings is 1. The second-order valence-electron chi connectivity index (χ2n) is 5.47. The van der Waals surface area contributed by atoms with Crippen LogP contribution in [-0.2, 0) is 0 Å². The lowest BCUT2D eigenvalue weighted by Gasteiger charge is -2.30. The molecule has 0 radical (unpaired) electrons. The number of anilines is 1. The molecule has 0 aliphatic carbocycles. The summed E-state index contributed by atoms with van der Waals surface area (Å²) >= 11 is 0. The number of fused-ring (bicyclic) bond motifs is 1. The largest absolute Gasteiger partial charge is 0.497 e. The third-order valence-electron chi connectivity index (χ3n) is 4.44. The maximum atomic E-state index is 9.67. The molecule has 0 bridgehead atoms. The molecule has 0 aliphatic heterocycles. The molecule has 2 rings (SSSR count). The van der Waals surface area contributed by atoms with Gasteiger partial charge in [-0.05, 0) is 36.4 Å². The van der Waals surface area contributed by atoms with Gasteiger partial charge >= 0.3 is 0 Å². The van der Waals surface area contributed by atoms with Crippen LogP contribution in [0.4, 0.5) is 5.82 Å². The highest BCUT2D eigenvalue weighted by Gasteiger charge is 2.25. The van der Waals surface area contributed by atoms with Crippen LogP contribution in [0.1, 0.15) is 26.7 Å². The van der Waals surface area contributed by atoms with Crippen molar-refractivity contribution >= 4 is 16.6 Å². The molecule has 21 heavy (non-hydrogen) atoms. The van der Waals surface area contributed by atoms with Crippen molar-refractivity contribution in [1.29, 1.82) is 0 Å². The van der Waals surface area contributed by atoms with Gasteiger partial charge in [-0.25, -0.2) is 4.98 Å². The van der Waals surface area contributed by atoms with Crippen LogP contribution >= 0.6 is 0 Å². The number of nitrogens with zero attached hydrogens (tertiary/aromatic N) is 1. The van der Waals surface area contributed by atoms with Crippen LogP contribution < -0.4 is 10.1 Å². The van der Waals surface area contributed by atoms with Crippen molar-refractivity contribution < 1.29 is 9.84 Å². The molecule has 0 saturated carbocycles. The number of aliphatic hydroxyl groups is 1. The van der Waals surface area contributed by atoms with Gasteiger partial charge in [0.15, 0.2) is 0 Å². The highest BCUT2D eigenvalue weighted by molar-refractivity contribution is 5.92. The standard InChI is InChI=1S/C17H24N2O2/c1-4-17(5-2,12-20)11-19-16-15-10-14(21-3)7-6-13(15)8-9-18-16/h6-10,20H,4-5,11-12H2,1-3H3,(H,18,19). The van der Waals surface area contributed by atoms with E-state index in [1.165, 1.54) is 0 Å². The third-order valence-corrected chi connectivity index (χ3v) is 4.44. The summed E-state index contributed by atoms with van der Waals surface area (Å²) in [6, 6.07) is 7.95. The Kier molecular flexibility index (Phi) is 5.02. The van der Waals surface area contributed by atoms with Crippen molar-refractivity contribution in [2.75, 3.05) is 25.6 Å². The fraction of sp³-hybridized carbons (Fsp3) is 0.471. The van der Waals surface area contributed by atoms with Crippen LogP contribution in [0.15, 0.2) is 30.5 Å². The second kappa shape index (κ2) is 6.76. The first kappa shape index (κ1) is 15.6. The van der Waals surface area contributed by atoms with E-state index in [-0.39, 0.29) is 12.0 Å². The molecule has 1 aromatic carbocycles. The van der Waals surface area contributed by atoms with Crippen molar-refractivity contribution in [2.45, 2.75) is 26.7 Å². The zero-order valence-corrected chi connectivity index (χ0v) is 13.0. The van der Waals surface area contributed by atoms with Gasteiger partial charge in [0.25, 0.3) is 0 Å². The van der Waals surface area contributed by atoms with Crippen LogP contribution in [0, 0.1) is 5.41 Å². The van der Waals surface area contributed by atoms with E-state index in [4.69, 9.17) is 4.74 Å². The lowest BCUT2D eigenvalue weighted by atomic mass is 9.83. The van der Waals surface area contributed by atoms with Gasteiger partial charge in [0.2, 0.25) is 0 Å². The Morgan fingerprint density at radius 1 is 1.24 bits per heavy atom. The lowest BCUT2D eigenvalue weighted by molar-refractivity contribution is 0.127. The first-order chi connectivity index (χ1) is 10.2. The maximum absolute atomic E-state index is 9.67. The smallest absolute Gasteiger partial charge is 0.133 e. The Bertz CT molecular complexity index is 586. The van der Waals surface area contributed by atoms with E-state index in [0.29, 0.717) is 6.54 Å². The number of hydrogen-bond donors (Lipinski definition) is 2. The van der Waals surface area contributed by atoms with Crippen molar-refractivity contribution in [3.8, 4) is 5.75 Å². The highest BCUT2D eigenvalue weighted by Crippen LogP contribution is 2.29.